The van der Waals surface area contributed by atoms with Crippen LogP contribution in [0.1, 0.15) is 18.5 Å². The lowest BCUT2D eigenvalue weighted by Crippen LogP contribution is -2.38. The predicted octanol–water partition coefficient (Wildman–Crippen LogP) is 0.964. The van der Waals surface area contributed by atoms with Crippen molar-refractivity contribution in [2.75, 3.05) is 0 Å². The number of hydrogen-bond donors (Lipinski definition) is 1. The van der Waals surface area contributed by atoms with E-state index in [1.807, 2.05) is 19.1 Å². The van der Waals surface area contributed by atoms with Gasteiger partial charge in [0.2, 0.25) is 5.91 Å². The van der Waals surface area contributed by atoms with E-state index in [-0.39, 0.29) is 29.7 Å². The van der Waals surface area contributed by atoms with Crippen LogP contribution in [0.25, 0.3) is 11.2 Å². The topological polar surface area (TPSA) is 90.9 Å². The lowest BCUT2D eigenvalue weighted by Gasteiger charge is -2.15. The lowest BCUT2D eigenvalue weighted by molar-refractivity contribution is -0.122. The van der Waals surface area contributed by atoms with Gasteiger partial charge in [0.15, 0.2) is 11.2 Å². The van der Waals surface area contributed by atoms with Gasteiger partial charge in [0.05, 0.1) is 12.4 Å². The Labute approximate surface area is 153 Å². The van der Waals surface area contributed by atoms with Crippen molar-refractivity contribution >= 4 is 28.7 Å². The molecule has 0 fully saturated rings. The molecule has 2 heterocycles. The van der Waals surface area contributed by atoms with Gasteiger partial charge in [-0.25, -0.2) is 9.78 Å². The lowest BCUT2D eigenvalue weighted by atomic mass is 10.1. The molecule has 0 spiro atoms. The molecule has 1 N–H and O–H groups in total. The predicted molar refractivity (Wildman–Crippen MR) is 98.2 cm³/mol. The first-order chi connectivity index (χ1) is 12.3. The molecule has 3 aromatic rings. The zero-order valence-corrected chi connectivity index (χ0v) is 15.3. The highest BCUT2D eigenvalue weighted by atomic mass is 35.5. The average molecular weight is 376 g/mol. The minimum absolute atomic E-state index is 0.0815. The van der Waals surface area contributed by atoms with Crippen molar-refractivity contribution in [2.24, 2.45) is 14.1 Å². The van der Waals surface area contributed by atoms with Crippen LogP contribution >= 0.6 is 11.6 Å². The van der Waals surface area contributed by atoms with E-state index in [9.17, 15) is 14.4 Å². The van der Waals surface area contributed by atoms with Crippen LogP contribution in [-0.4, -0.2) is 24.6 Å². The van der Waals surface area contributed by atoms with E-state index in [1.54, 1.807) is 12.1 Å². The molecular formula is C17H18ClN5O3. The second-order valence-electron chi connectivity index (χ2n) is 6.09. The Balaban J connectivity index is 1.85. The van der Waals surface area contributed by atoms with Gasteiger partial charge in [0.25, 0.3) is 5.56 Å². The maximum atomic E-state index is 12.4. The number of nitrogens with one attached hydrogen (secondary N) is 1. The third-order valence-corrected chi connectivity index (χ3v) is 4.53. The number of benzene rings is 1. The standard InChI is InChI=1S/C17H18ClN5O3/c1-10(11-4-6-12(18)7-5-11)20-13(24)8-23-9-19-15-14(23)16(25)22(3)17(26)21(15)2/h4-7,9-10H,8H2,1-3H3,(H,20,24)/t10-/m1/s1. The van der Waals surface area contributed by atoms with Crippen LogP contribution in [-0.2, 0) is 25.4 Å². The first kappa shape index (κ1) is 17.9. The molecule has 0 aliphatic carbocycles. The quantitative estimate of drug-likeness (QED) is 0.735. The van der Waals surface area contributed by atoms with Crippen LogP contribution in [0.2, 0.25) is 5.02 Å². The average Bonchev–Trinajstić information content (AvgIpc) is 3.02. The Morgan fingerprint density at radius 3 is 2.50 bits per heavy atom. The Hall–Kier alpha value is -2.87. The molecule has 0 unspecified atom stereocenters. The highest BCUT2D eigenvalue weighted by Gasteiger charge is 2.17. The molecule has 0 saturated carbocycles. The van der Waals surface area contributed by atoms with Crippen molar-refractivity contribution in [3.05, 3.63) is 62.0 Å². The molecule has 0 aliphatic heterocycles. The number of fused-ring (bicyclic) bond motifs is 1. The van der Waals surface area contributed by atoms with Gasteiger partial charge >= 0.3 is 5.69 Å². The summed E-state index contributed by atoms with van der Waals surface area (Å²) in [5, 5.41) is 3.49. The summed E-state index contributed by atoms with van der Waals surface area (Å²) in [6, 6.07) is 6.97. The third-order valence-electron chi connectivity index (χ3n) is 4.28. The van der Waals surface area contributed by atoms with Crippen LogP contribution in [0.3, 0.4) is 0 Å². The second kappa shape index (κ2) is 6.80. The number of hydrogen-bond acceptors (Lipinski definition) is 4. The number of imidazole rings is 1. The number of halogens is 1. The molecule has 8 nitrogen and oxygen atoms in total. The number of rotatable bonds is 4. The van der Waals surface area contributed by atoms with Gasteiger partial charge < -0.3 is 9.88 Å². The Morgan fingerprint density at radius 2 is 1.85 bits per heavy atom. The molecule has 0 radical (unpaired) electrons. The summed E-state index contributed by atoms with van der Waals surface area (Å²) in [4.78, 5) is 40.8. The zero-order chi connectivity index (χ0) is 19.0. The first-order valence-electron chi connectivity index (χ1n) is 7.95. The molecule has 0 bridgehead atoms. The summed E-state index contributed by atoms with van der Waals surface area (Å²) < 4.78 is 3.72. The highest BCUT2D eigenvalue weighted by molar-refractivity contribution is 6.30. The van der Waals surface area contributed by atoms with Gasteiger partial charge in [-0.05, 0) is 24.6 Å². The Kier molecular flexibility index (Phi) is 4.69. The van der Waals surface area contributed by atoms with Crippen molar-refractivity contribution in [1.29, 1.82) is 0 Å². The molecule has 1 amide bonds. The number of carbonyl (C=O) groups excluding carboxylic acids is 1. The van der Waals surface area contributed by atoms with Crippen molar-refractivity contribution in [3.8, 4) is 0 Å². The maximum Gasteiger partial charge on any atom is 0.332 e. The van der Waals surface area contributed by atoms with Gasteiger partial charge in [-0.15, -0.1) is 0 Å². The normalized spacial score (nSPS) is 12.3. The summed E-state index contributed by atoms with van der Waals surface area (Å²) in [6.07, 6.45) is 1.39. The molecule has 1 aromatic carbocycles. The zero-order valence-electron chi connectivity index (χ0n) is 14.6. The minimum atomic E-state index is -0.487. The smallest absolute Gasteiger partial charge is 0.332 e. The van der Waals surface area contributed by atoms with E-state index < -0.39 is 11.2 Å². The van der Waals surface area contributed by atoms with Gasteiger partial charge in [-0.3, -0.25) is 18.7 Å². The van der Waals surface area contributed by atoms with Crippen molar-refractivity contribution in [2.45, 2.75) is 19.5 Å². The molecule has 9 heteroatoms. The molecule has 3 rings (SSSR count). The largest absolute Gasteiger partial charge is 0.348 e. The molecule has 0 aliphatic rings. The van der Waals surface area contributed by atoms with E-state index in [0.29, 0.717) is 5.02 Å². The van der Waals surface area contributed by atoms with Crippen molar-refractivity contribution < 1.29 is 4.79 Å². The van der Waals surface area contributed by atoms with Gasteiger partial charge in [-0.2, -0.15) is 0 Å². The number of aryl methyl sites for hydroxylation is 1. The van der Waals surface area contributed by atoms with E-state index in [2.05, 4.69) is 10.3 Å². The number of amides is 1. The van der Waals surface area contributed by atoms with E-state index in [1.165, 1.54) is 29.6 Å². The molecular weight excluding hydrogens is 358 g/mol. The van der Waals surface area contributed by atoms with Crippen LogP contribution in [0.15, 0.2) is 40.2 Å². The monoisotopic (exact) mass is 375 g/mol. The fraction of sp³-hybridized carbons (Fsp3) is 0.294. The maximum absolute atomic E-state index is 12.4. The summed E-state index contributed by atoms with van der Waals surface area (Å²) in [7, 11) is 2.92. The van der Waals surface area contributed by atoms with E-state index in [4.69, 9.17) is 11.6 Å². The summed E-state index contributed by atoms with van der Waals surface area (Å²) in [5.74, 6) is -0.275. The minimum Gasteiger partial charge on any atom is -0.348 e. The molecule has 0 saturated heterocycles. The number of carbonyl (C=O) groups is 1. The SMILES string of the molecule is C[C@@H](NC(=O)Cn1cnc2c1c(=O)n(C)c(=O)n2C)c1ccc(Cl)cc1. The molecule has 26 heavy (non-hydrogen) atoms. The third kappa shape index (κ3) is 3.15. The first-order valence-corrected chi connectivity index (χ1v) is 8.33. The Morgan fingerprint density at radius 1 is 1.19 bits per heavy atom. The van der Waals surface area contributed by atoms with Crippen molar-refractivity contribution in [3.63, 3.8) is 0 Å². The van der Waals surface area contributed by atoms with Gasteiger partial charge in [0.1, 0.15) is 6.54 Å². The fourth-order valence-corrected chi connectivity index (χ4v) is 2.92. The summed E-state index contributed by atoms with van der Waals surface area (Å²) in [5.41, 5.74) is 0.421. The van der Waals surface area contributed by atoms with E-state index >= 15 is 0 Å². The highest BCUT2D eigenvalue weighted by Crippen LogP contribution is 2.16. The number of nitrogens with zero attached hydrogens (tertiary/aromatic N) is 4. The van der Waals surface area contributed by atoms with Crippen LogP contribution in [0.4, 0.5) is 0 Å². The van der Waals surface area contributed by atoms with Gasteiger partial charge in [0, 0.05) is 19.1 Å². The number of aromatic nitrogens is 4. The molecule has 2 aromatic heterocycles. The fourth-order valence-electron chi connectivity index (χ4n) is 2.79. The second-order valence-corrected chi connectivity index (χ2v) is 6.53. The van der Waals surface area contributed by atoms with Crippen LogP contribution < -0.4 is 16.6 Å². The molecule has 1 atom stereocenters. The van der Waals surface area contributed by atoms with E-state index in [0.717, 1.165) is 10.1 Å². The molecule has 136 valence electrons. The summed E-state index contributed by atoms with van der Waals surface area (Å²) in [6.45, 7) is 1.78. The van der Waals surface area contributed by atoms with Crippen LogP contribution in [0.5, 0.6) is 0 Å². The van der Waals surface area contributed by atoms with Gasteiger partial charge in [-0.1, -0.05) is 23.7 Å². The summed E-state index contributed by atoms with van der Waals surface area (Å²) >= 11 is 5.87. The van der Waals surface area contributed by atoms with Crippen molar-refractivity contribution in [1.82, 2.24) is 24.0 Å². The van der Waals surface area contributed by atoms with Crippen LogP contribution in [0, 0.1) is 0 Å². The Bertz CT molecular complexity index is 1090.